The normalized spacial score (nSPS) is 12.7. The molecule has 0 fully saturated rings. The van der Waals surface area contributed by atoms with Crippen molar-refractivity contribution >= 4 is 39.1 Å². The van der Waals surface area contributed by atoms with E-state index < -0.39 is 10.0 Å². The lowest BCUT2D eigenvalue weighted by Gasteiger charge is -2.32. The Labute approximate surface area is 186 Å². The van der Waals surface area contributed by atoms with Crippen LogP contribution in [0.1, 0.15) is 16.8 Å². The van der Waals surface area contributed by atoms with Gasteiger partial charge in [0.1, 0.15) is 0 Å². The first-order valence-corrected chi connectivity index (χ1v) is 12.2. The van der Waals surface area contributed by atoms with E-state index in [0.717, 1.165) is 13.0 Å². The van der Waals surface area contributed by atoms with Crippen molar-refractivity contribution in [1.82, 2.24) is 10.0 Å². The van der Waals surface area contributed by atoms with Gasteiger partial charge in [0.15, 0.2) is 0 Å². The molecular weight excluding hydrogens is 430 g/mol. The molecule has 2 N–H and O–H groups in total. The largest absolute Gasteiger partial charge is 0.352 e. The molecule has 160 valence electrons. The SMILES string of the molecule is CNS(=O)(=O)c1ccc(C(=O)NCCCN2c3ccccc3Sc3ccccc32)cc1. The number of carbonyl (C=O) groups excluding carboxylic acids is 1. The average Bonchev–Trinajstić information content (AvgIpc) is 2.81. The van der Waals surface area contributed by atoms with Crippen molar-refractivity contribution in [3.63, 3.8) is 0 Å². The highest BCUT2D eigenvalue weighted by Gasteiger charge is 2.22. The number of hydrogen-bond donors (Lipinski definition) is 2. The summed E-state index contributed by atoms with van der Waals surface area (Å²) in [6.07, 6.45) is 0.769. The number of nitrogens with zero attached hydrogens (tertiary/aromatic N) is 1. The maximum absolute atomic E-state index is 12.4. The lowest BCUT2D eigenvalue weighted by Crippen LogP contribution is -2.29. The second kappa shape index (κ2) is 9.13. The molecule has 8 heteroatoms. The third kappa shape index (κ3) is 4.61. The molecule has 6 nitrogen and oxygen atoms in total. The van der Waals surface area contributed by atoms with Gasteiger partial charge in [-0.05, 0) is 62.0 Å². The van der Waals surface area contributed by atoms with Crippen LogP contribution in [0.3, 0.4) is 0 Å². The monoisotopic (exact) mass is 453 g/mol. The molecule has 31 heavy (non-hydrogen) atoms. The summed E-state index contributed by atoms with van der Waals surface area (Å²) in [6, 6.07) is 22.6. The number of anilines is 2. The second-order valence-electron chi connectivity index (χ2n) is 7.03. The van der Waals surface area contributed by atoms with Gasteiger partial charge in [0, 0.05) is 28.4 Å². The van der Waals surface area contributed by atoms with Crippen LogP contribution in [0.5, 0.6) is 0 Å². The third-order valence-corrected chi connectivity index (χ3v) is 7.63. The molecule has 0 bridgehead atoms. The van der Waals surface area contributed by atoms with Gasteiger partial charge in [0.2, 0.25) is 10.0 Å². The van der Waals surface area contributed by atoms with Crippen molar-refractivity contribution in [3.05, 3.63) is 78.4 Å². The summed E-state index contributed by atoms with van der Waals surface area (Å²) in [4.78, 5) is 17.3. The summed E-state index contributed by atoms with van der Waals surface area (Å²) < 4.78 is 25.9. The molecule has 1 amide bonds. The van der Waals surface area contributed by atoms with E-state index in [9.17, 15) is 13.2 Å². The van der Waals surface area contributed by atoms with E-state index in [-0.39, 0.29) is 10.8 Å². The number of nitrogens with one attached hydrogen (secondary N) is 2. The van der Waals surface area contributed by atoms with Gasteiger partial charge in [-0.1, -0.05) is 36.0 Å². The van der Waals surface area contributed by atoms with Crippen molar-refractivity contribution < 1.29 is 13.2 Å². The molecular formula is C23H23N3O3S2. The van der Waals surface area contributed by atoms with Gasteiger partial charge >= 0.3 is 0 Å². The number of para-hydroxylation sites is 2. The number of fused-ring (bicyclic) bond motifs is 2. The maximum Gasteiger partial charge on any atom is 0.251 e. The van der Waals surface area contributed by atoms with Crippen molar-refractivity contribution in [2.75, 3.05) is 25.0 Å². The molecule has 4 rings (SSSR count). The molecule has 0 atom stereocenters. The number of amides is 1. The van der Waals surface area contributed by atoms with Crippen LogP contribution in [0.15, 0.2) is 87.5 Å². The van der Waals surface area contributed by atoms with E-state index in [1.807, 2.05) is 24.3 Å². The number of hydrogen-bond acceptors (Lipinski definition) is 5. The van der Waals surface area contributed by atoms with Gasteiger partial charge in [-0.25, -0.2) is 13.1 Å². The molecule has 0 unspecified atom stereocenters. The van der Waals surface area contributed by atoms with E-state index in [1.165, 1.54) is 52.5 Å². The first-order valence-electron chi connectivity index (χ1n) is 9.95. The summed E-state index contributed by atoms with van der Waals surface area (Å²) in [5, 5.41) is 2.92. The van der Waals surface area contributed by atoms with Crippen LogP contribution < -0.4 is 14.9 Å². The van der Waals surface area contributed by atoms with Gasteiger partial charge in [-0.2, -0.15) is 0 Å². The highest BCUT2D eigenvalue weighted by atomic mass is 32.2. The highest BCUT2D eigenvalue weighted by Crippen LogP contribution is 2.47. The first-order chi connectivity index (χ1) is 15.0. The Hall–Kier alpha value is -2.81. The summed E-state index contributed by atoms with van der Waals surface area (Å²) >= 11 is 1.77. The topological polar surface area (TPSA) is 78.5 Å². The van der Waals surface area contributed by atoms with Crippen LogP contribution >= 0.6 is 11.8 Å². The molecule has 0 aliphatic carbocycles. The molecule has 1 aliphatic heterocycles. The Kier molecular flexibility index (Phi) is 6.31. The fraction of sp³-hybridized carbons (Fsp3) is 0.174. The predicted octanol–water partition coefficient (Wildman–Crippen LogP) is 4.02. The minimum Gasteiger partial charge on any atom is -0.352 e. The number of rotatable bonds is 7. The summed E-state index contributed by atoms with van der Waals surface area (Å²) in [5.74, 6) is -0.219. The van der Waals surface area contributed by atoms with Crippen LogP contribution in [-0.4, -0.2) is 34.5 Å². The minimum absolute atomic E-state index is 0.131. The zero-order valence-electron chi connectivity index (χ0n) is 17.0. The first kappa shape index (κ1) is 21.4. The Balaban J connectivity index is 1.38. The predicted molar refractivity (Wildman–Crippen MR) is 124 cm³/mol. The zero-order valence-corrected chi connectivity index (χ0v) is 18.7. The van der Waals surface area contributed by atoms with Gasteiger partial charge in [0.05, 0.1) is 16.3 Å². The molecule has 0 aromatic heterocycles. The smallest absolute Gasteiger partial charge is 0.251 e. The molecule has 0 spiro atoms. The van der Waals surface area contributed by atoms with Crippen LogP contribution in [-0.2, 0) is 10.0 Å². The van der Waals surface area contributed by atoms with Crippen molar-refractivity contribution in [2.24, 2.45) is 0 Å². The van der Waals surface area contributed by atoms with Gasteiger partial charge in [-0.15, -0.1) is 0 Å². The fourth-order valence-electron chi connectivity index (χ4n) is 3.47. The summed E-state index contributed by atoms with van der Waals surface area (Å²) in [6.45, 7) is 1.29. The Morgan fingerprint density at radius 3 is 2.06 bits per heavy atom. The molecule has 1 aliphatic rings. The standard InChI is InChI=1S/C23H23N3O3S2/c1-24-31(28,29)18-13-11-17(12-14-18)23(27)25-15-6-16-26-19-7-2-4-9-21(19)30-22-10-5-3-8-20(22)26/h2-5,7-14,24H,6,15-16H2,1H3,(H,25,27). The second-order valence-corrected chi connectivity index (χ2v) is 10.0. The van der Waals surface area contributed by atoms with Crippen LogP contribution in [0, 0.1) is 0 Å². The average molecular weight is 454 g/mol. The molecule has 0 saturated heterocycles. The minimum atomic E-state index is -3.51. The van der Waals surface area contributed by atoms with Gasteiger partial charge in [-0.3, -0.25) is 4.79 Å². The number of carbonyl (C=O) groups is 1. The van der Waals surface area contributed by atoms with Crippen molar-refractivity contribution in [3.8, 4) is 0 Å². The zero-order chi connectivity index (χ0) is 21.8. The number of benzene rings is 3. The van der Waals surface area contributed by atoms with E-state index in [4.69, 9.17) is 0 Å². The Morgan fingerprint density at radius 2 is 1.48 bits per heavy atom. The van der Waals surface area contributed by atoms with Gasteiger partial charge in [0.25, 0.3) is 5.91 Å². The molecule has 3 aromatic rings. The van der Waals surface area contributed by atoms with E-state index >= 15 is 0 Å². The Morgan fingerprint density at radius 1 is 0.903 bits per heavy atom. The van der Waals surface area contributed by atoms with Crippen molar-refractivity contribution in [1.29, 1.82) is 0 Å². The lowest BCUT2D eigenvalue weighted by atomic mass is 10.2. The summed E-state index contributed by atoms with van der Waals surface area (Å²) in [7, 11) is -2.16. The number of sulfonamides is 1. The van der Waals surface area contributed by atoms with Crippen LogP contribution in [0.25, 0.3) is 0 Å². The van der Waals surface area contributed by atoms with E-state index in [2.05, 4.69) is 39.2 Å². The lowest BCUT2D eigenvalue weighted by molar-refractivity contribution is 0.0953. The molecule has 0 saturated carbocycles. The van der Waals surface area contributed by atoms with E-state index in [0.29, 0.717) is 12.1 Å². The van der Waals surface area contributed by atoms with Gasteiger partial charge < -0.3 is 10.2 Å². The molecule has 1 heterocycles. The van der Waals surface area contributed by atoms with Crippen LogP contribution in [0.2, 0.25) is 0 Å². The maximum atomic E-state index is 12.4. The fourth-order valence-corrected chi connectivity index (χ4v) is 5.29. The highest BCUT2D eigenvalue weighted by molar-refractivity contribution is 7.99. The Bertz CT molecular complexity index is 1150. The quantitative estimate of drug-likeness (QED) is 0.529. The van der Waals surface area contributed by atoms with Crippen molar-refractivity contribution in [2.45, 2.75) is 21.1 Å². The van der Waals surface area contributed by atoms with E-state index in [1.54, 1.807) is 11.8 Å². The third-order valence-electron chi connectivity index (χ3n) is 5.07. The summed E-state index contributed by atoms with van der Waals surface area (Å²) in [5.41, 5.74) is 2.79. The van der Waals surface area contributed by atoms with Crippen LogP contribution in [0.4, 0.5) is 11.4 Å². The molecule has 3 aromatic carbocycles. The molecule has 0 radical (unpaired) electrons.